The number of nitrogens with one attached hydrogen (secondary N) is 2. The molecule has 0 aliphatic carbocycles. The average molecular weight is 620 g/mol. The van der Waals surface area contributed by atoms with Crippen molar-refractivity contribution in [1.29, 1.82) is 0 Å². The molecule has 202 valence electrons. The summed E-state index contributed by atoms with van der Waals surface area (Å²) < 4.78 is 35.7. The van der Waals surface area contributed by atoms with Crippen molar-refractivity contribution < 1.29 is 27.5 Å². The molecule has 1 fully saturated rings. The smallest absolute Gasteiger partial charge is 0.267 e. The van der Waals surface area contributed by atoms with E-state index in [1.165, 1.54) is 31.4 Å². The van der Waals surface area contributed by atoms with Crippen LogP contribution in [0.1, 0.15) is 25.6 Å². The first-order chi connectivity index (χ1) is 17.9. The minimum Gasteiger partial charge on any atom is -0.489 e. The van der Waals surface area contributed by atoms with E-state index in [0.29, 0.717) is 17.2 Å². The number of amides is 2. The van der Waals surface area contributed by atoms with Crippen LogP contribution in [0.25, 0.3) is 0 Å². The lowest BCUT2D eigenvalue weighted by molar-refractivity contribution is 0.102. The van der Waals surface area contributed by atoms with Crippen molar-refractivity contribution in [3.05, 3.63) is 66.9 Å². The molecular formula is C23H21Cl3N4O6S2. The number of epoxide rings is 1. The third-order valence-electron chi connectivity index (χ3n) is 5.31. The van der Waals surface area contributed by atoms with Crippen LogP contribution in [-0.4, -0.2) is 62.1 Å². The number of hydrogen-bond donors (Lipinski definition) is 2. The highest BCUT2D eigenvalue weighted by Crippen LogP contribution is 2.36. The summed E-state index contributed by atoms with van der Waals surface area (Å²) >= 11 is 19.6. The number of rotatable bonds is 10. The van der Waals surface area contributed by atoms with Crippen molar-refractivity contribution in [3.8, 4) is 5.75 Å². The van der Waals surface area contributed by atoms with Crippen LogP contribution in [0.3, 0.4) is 0 Å². The predicted molar refractivity (Wildman–Crippen MR) is 147 cm³/mol. The van der Waals surface area contributed by atoms with Crippen molar-refractivity contribution in [2.75, 3.05) is 37.2 Å². The molecule has 1 aliphatic heterocycles. The second-order valence-electron chi connectivity index (χ2n) is 8.29. The zero-order chi connectivity index (χ0) is 27.6. The lowest BCUT2D eigenvalue weighted by Gasteiger charge is -2.17. The highest BCUT2D eigenvalue weighted by molar-refractivity contribution is 7.88. The normalized spacial score (nSPS) is 14.8. The molecule has 4 rings (SSSR count). The molecule has 1 atom stereocenters. The quantitative estimate of drug-likeness (QED) is 0.313. The fourth-order valence-corrected chi connectivity index (χ4v) is 5.09. The number of thiophene rings is 1. The maximum absolute atomic E-state index is 13.3. The molecule has 1 unspecified atom stereocenters. The molecule has 15 heteroatoms. The van der Waals surface area contributed by atoms with E-state index in [9.17, 15) is 18.0 Å². The maximum atomic E-state index is 13.3. The summed E-state index contributed by atoms with van der Waals surface area (Å²) in [5.74, 6) is -0.855. The summed E-state index contributed by atoms with van der Waals surface area (Å²) in [7, 11) is -2.05. The number of halogens is 3. The first-order valence-electron chi connectivity index (χ1n) is 10.9. The molecule has 1 saturated heterocycles. The Morgan fingerprint density at radius 3 is 2.55 bits per heavy atom. The van der Waals surface area contributed by atoms with Crippen LogP contribution in [0.4, 0.5) is 11.5 Å². The van der Waals surface area contributed by atoms with Crippen LogP contribution in [0.15, 0.2) is 35.8 Å². The Morgan fingerprint density at radius 2 is 1.92 bits per heavy atom. The van der Waals surface area contributed by atoms with Crippen LogP contribution in [-0.2, 0) is 21.3 Å². The van der Waals surface area contributed by atoms with Gasteiger partial charge in [-0.2, -0.15) is 0 Å². The molecule has 2 N–H and O–H groups in total. The Balaban J connectivity index is 1.64. The Morgan fingerprint density at radius 1 is 1.18 bits per heavy atom. The number of nitrogens with zero attached hydrogens (tertiary/aromatic N) is 2. The van der Waals surface area contributed by atoms with Gasteiger partial charge in [-0.3, -0.25) is 9.59 Å². The fraction of sp³-hybridized carbons (Fsp3) is 0.261. The minimum absolute atomic E-state index is 0.0130. The van der Waals surface area contributed by atoms with E-state index < -0.39 is 21.8 Å². The number of pyridine rings is 1. The molecule has 0 saturated carbocycles. The summed E-state index contributed by atoms with van der Waals surface area (Å²) in [6.07, 6.45) is 2.34. The van der Waals surface area contributed by atoms with Gasteiger partial charge in [0.1, 0.15) is 29.2 Å². The molecule has 1 aliphatic rings. The zero-order valence-corrected chi connectivity index (χ0v) is 23.9. The number of sulfonamides is 1. The molecule has 3 heterocycles. The van der Waals surface area contributed by atoms with Gasteiger partial charge in [-0.1, -0.05) is 34.8 Å². The largest absolute Gasteiger partial charge is 0.489 e. The second-order valence-corrected chi connectivity index (χ2v) is 12.5. The summed E-state index contributed by atoms with van der Waals surface area (Å²) in [5, 5.41) is 7.64. The highest BCUT2D eigenvalue weighted by Gasteiger charge is 2.27. The third kappa shape index (κ3) is 7.14. The molecule has 2 aromatic heterocycles. The second kappa shape index (κ2) is 11.7. The summed E-state index contributed by atoms with van der Waals surface area (Å²) in [6.45, 7) is 0.706. The molecule has 0 bridgehead atoms. The number of hydrogen-bond acceptors (Lipinski definition) is 8. The number of carbonyl (C=O) groups is 2. The Hall–Kier alpha value is -2.45. The van der Waals surface area contributed by atoms with Crippen LogP contribution < -0.4 is 15.4 Å². The Labute approximate surface area is 237 Å². The summed E-state index contributed by atoms with van der Waals surface area (Å²) in [6, 6.07) is 5.93. The van der Waals surface area contributed by atoms with Crippen molar-refractivity contribution >= 4 is 79.5 Å². The van der Waals surface area contributed by atoms with Gasteiger partial charge in [0.2, 0.25) is 10.0 Å². The topological polar surface area (TPSA) is 130 Å². The van der Waals surface area contributed by atoms with Crippen LogP contribution >= 0.6 is 46.1 Å². The Bertz CT molecular complexity index is 1480. The summed E-state index contributed by atoms with van der Waals surface area (Å²) in [4.78, 5) is 30.7. The van der Waals surface area contributed by atoms with E-state index in [0.717, 1.165) is 21.9 Å². The van der Waals surface area contributed by atoms with E-state index in [4.69, 9.17) is 44.3 Å². The lowest BCUT2D eigenvalue weighted by atomic mass is 10.1. The standard InChI is InChI=1S/C23H21Cl3N4O6S2/c1-30(38(2,33)34)8-12-11-37-21(19(12)26)23(32)29-20-16(22(31)28-18-4-3-13(24)7-27-18)5-14(25)6-17(20)36-10-15-9-35-15/h3-7,11,15H,8-10H2,1-2H3,(H,29,32)(H,27,28,31). The van der Waals surface area contributed by atoms with Gasteiger partial charge in [-0.05, 0) is 29.1 Å². The number of anilines is 2. The molecule has 0 radical (unpaired) electrons. The van der Waals surface area contributed by atoms with Gasteiger partial charge in [-0.15, -0.1) is 11.3 Å². The van der Waals surface area contributed by atoms with Gasteiger partial charge >= 0.3 is 0 Å². The molecule has 10 nitrogen and oxygen atoms in total. The monoisotopic (exact) mass is 618 g/mol. The van der Waals surface area contributed by atoms with Gasteiger partial charge in [0.15, 0.2) is 0 Å². The SMILES string of the molecule is CN(Cc1csc(C(=O)Nc2c(OCC3CO3)cc(Cl)cc2C(=O)Nc2ccc(Cl)cn2)c1Cl)S(C)(=O)=O. The molecular weight excluding hydrogens is 599 g/mol. The number of ether oxygens (including phenoxy) is 2. The Kier molecular flexibility index (Phi) is 8.82. The van der Waals surface area contributed by atoms with E-state index in [-0.39, 0.29) is 57.0 Å². The van der Waals surface area contributed by atoms with E-state index >= 15 is 0 Å². The predicted octanol–water partition coefficient (Wildman–Crippen LogP) is 4.78. The first-order valence-corrected chi connectivity index (χ1v) is 14.8. The van der Waals surface area contributed by atoms with Crippen LogP contribution in [0.2, 0.25) is 15.1 Å². The van der Waals surface area contributed by atoms with E-state index in [1.807, 2.05) is 0 Å². The van der Waals surface area contributed by atoms with Crippen molar-refractivity contribution in [1.82, 2.24) is 9.29 Å². The number of benzene rings is 1. The maximum Gasteiger partial charge on any atom is 0.267 e. The van der Waals surface area contributed by atoms with E-state index in [2.05, 4.69) is 15.6 Å². The summed E-state index contributed by atoms with van der Waals surface area (Å²) in [5.41, 5.74) is 0.532. The first kappa shape index (κ1) is 28.6. The van der Waals surface area contributed by atoms with Gasteiger partial charge in [0.25, 0.3) is 11.8 Å². The number of aromatic nitrogens is 1. The molecule has 1 aromatic carbocycles. The fourth-order valence-electron chi connectivity index (χ4n) is 3.15. The van der Waals surface area contributed by atoms with Gasteiger partial charge in [0, 0.05) is 30.9 Å². The highest BCUT2D eigenvalue weighted by atomic mass is 35.5. The van der Waals surface area contributed by atoms with Crippen molar-refractivity contribution in [3.63, 3.8) is 0 Å². The minimum atomic E-state index is -3.46. The van der Waals surface area contributed by atoms with Gasteiger partial charge in [0.05, 0.1) is 34.2 Å². The molecule has 3 aromatic rings. The van der Waals surface area contributed by atoms with Gasteiger partial charge < -0.3 is 20.1 Å². The third-order valence-corrected chi connectivity index (χ3v) is 8.59. The average Bonchev–Trinajstić information content (AvgIpc) is 3.61. The van der Waals surface area contributed by atoms with Crippen LogP contribution in [0, 0.1) is 0 Å². The molecule has 2 amide bonds. The lowest BCUT2D eigenvalue weighted by Crippen LogP contribution is -2.24. The molecule has 0 spiro atoms. The van der Waals surface area contributed by atoms with E-state index in [1.54, 1.807) is 11.4 Å². The van der Waals surface area contributed by atoms with Crippen LogP contribution in [0.5, 0.6) is 5.75 Å². The zero-order valence-electron chi connectivity index (χ0n) is 20.0. The van der Waals surface area contributed by atoms with Gasteiger partial charge in [-0.25, -0.2) is 17.7 Å². The van der Waals surface area contributed by atoms with Crippen molar-refractivity contribution in [2.24, 2.45) is 0 Å². The van der Waals surface area contributed by atoms with Crippen molar-refractivity contribution in [2.45, 2.75) is 12.6 Å². The molecule has 38 heavy (non-hydrogen) atoms. The number of carbonyl (C=O) groups excluding carboxylic acids is 2.